The summed E-state index contributed by atoms with van der Waals surface area (Å²) in [6.45, 7) is 3.63. The summed E-state index contributed by atoms with van der Waals surface area (Å²) in [5.41, 5.74) is 1.08. The Morgan fingerprint density at radius 2 is 1.78 bits per heavy atom. The van der Waals surface area contributed by atoms with Crippen LogP contribution in [-0.2, 0) is 4.79 Å². The second-order valence-electron chi connectivity index (χ2n) is 4.45. The Morgan fingerprint density at radius 3 is 2.44 bits per heavy atom. The van der Waals surface area contributed by atoms with E-state index >= 15 is 0 Å². The van der Waals surface area contributed by atoms with Gasteiger partial charge >= 0.3 is 0 Å². The van der Waals surface area contributed by atoms with Gasteiger partial charge in [0.1, 0.15) is 5.38 Å². The first-order chi connectivity index (χ1) is 8.58. The molecule has 3 heteroatoms. The van der Waals surface area contributed by atoms with Crippen LogP contribution in [0.1, 0.15) is 25.5 Å². The van der Waals surface area contributed by atoms with Gasteiger partial charge < -0.3 is 5.32 Å². The number of hydrogen-bond donors (Lipinski definition) is 1. The zero-order chi connectivity index (χ0) is 13.1. The van der Waals surface area contributed by atoms with Crippen LogP contribution in [0, 0.1) is 0 Å². The maximum absolute atomic E-state index is 11.5. The number of rotatable bonds is 3. The highest BCUT2D eigenvalue weighted by molar-refractivity contribution is 6.30. The van der Waals surface area contributed by atoms with E-state index in [2.05, 4.69) is 29.6 Å². The van der Waals surface area contributed by atoms with Crippen molar-refractivity contribution in [2.45, 2.75) is 25.3 Å². The van der Waals surface area contributed by atoms with Gasteiger partial charge in [0.2, 0.25) is 5.91 Å². The maximum atomic E-state index is 11.5. The van der Waals surface area contributed by atoms with E-state index in [9.17, 15) is 4.79 Å². The SMILES string of the molecule is C[C@H](Cl)C(=O)N[C@H](C)c1ccc2ccccc2c1. The third-order valence-corrected chi connectivity index (χ3v) is 3.19. The number of carbonyl (C=O) groups is 1. The van der Waals surface area contributed by atoms with Crippen LogP contribution in [0.2, 0.25) is 0 Å². The minimum absolute atomic E-state index is 0.0386. The molecule has 1 amide bonds. The van der Waals surface area contributed by atoms with Crippen molar-refractivity contribution in [1.29, 1.82) is 0 Å². The largest absolute Gasteiger partial charge is 0.348 e. The molecule has 0 radical (unpaired) electrons. The van der Waals surface area contributed by atoms with Gasteiger partial charge in [-0.25, -0.2) is 0 Å². The lowest BCUT2D eigenvalue weighted by molar-refractivity contribution is -0.121. The van der Waals surface area contributed by atoms with Crippen molar-refractivity contribution in [1.82, 2.24) is 5.32 Å². The molecular weight excluding hydrogens is 246 g/mol. The molecular formula is C15H16ClNO. The van der Waals surface area contributed by atoms with E-state index in [-0.39, 0.29) is 11.9 Å². The molecule has 0 spiro atoms. The zero-order valence-corrected chi connectivity index (χ0v) is 11.2. The highest BCUT2D eigenvalue weighted by atomic mass is 35.5. The maximum Gasteiger partial charge on any atom is 0.238 e. The van der Waals surface area contributed by atoms with E-state index in [1.54, 1.807) is 6.92 Å². The Morgan fingerprint density at radius 1 is 1.11 bits per heavy atom. The van der Waals surface area contributed by atoms with Crippen molar-refractivity contribution in [3.63, 3.8) is 0 Å². The molecule has 2 aromatic rings. The van der Waals surface area contributed by atoms with Crippen molar-refractivity contribution in [2.75, 3.05) is 0 Å². The van der Waals surface area contributed by atoms with Gasteiger partial charge in [0.15, 0.2) is 0 Å². The van der Waals surface area contributed by atoms with Crippen LogP contribution in [0.5, 0.6) is 0 Å². The normalized spacial score (nSPS) is 14.2. The fraction of sp³-hybridized carbons (Fsp3) is 0.267. The molecule has 0 heterocycles. The van der Waals surface area contributed by atoms with Crippen LogP contribution in [-0.4, -0.2) is 11.3 Å². The smallest absolute Gasteiger partial charge is 0.238 e. The number of carbonyl (C=O) groups excluding carboxylic acids is 1. The first-order valence-corrected chi connectivity index (χ1v) is 6.44. The molecule has 2 aromatic carbocycles. The first-order valence-electron chi connectivity index (χ1n) is 6.01. The minimum atomic E-state index is -0.507. The lowest BCUT2D eigenvalue weighted by atomic mass is 10.0. The highest BCUT2D eigenvalue weighted by Gasteiger charge is 2.13. The summed E-state index contributed by atoms with van der Waals surface area (Å²) in [6, 6.07) is 14.3. The van der Waals surface area contributed by atoms with Crippen molar-refractivity contribution in [3.05, 3.63) is 48.0 Å². The molecule has 0 aliphatic carbocycles. The summed E-state index contributed by atoms with van der Waals surface area (Å²) in [7, 11) is 0. The van der Waals surface area contributed by atoms with Gasteiger partial charge in [-0.05, 0) is 36.2 Å². The lowest BCUT2D eigenvalue weighted by Crippen LogP contribution is -2.31. The molecule has 0 fully saturated rings. The van der Waals surface area contributed by atoms with E-state index < -0.39 is 5.38 Å². The van der Waals surface area contributed by atoms with Crippen molar-refractivity contribution in [3.8, 4) is 0 Å². The van der Waals surface area contributed by atoms with E-state index in [0.29, 0.717) is 0 Å². The van der Waals surface area contributed by atoms with Gasteiger partial charge in [-0.1, -0.05) is 36.4 Å². The predicted octanol–water partition coefficient (Wildman–Crippen LogP) is 3.64. The molecule has 0 unspecified atom stereocenters. The number of amides is 1. The van der Waals surface area contributed by atoms with E-state index in [4.69, 9.17) is 11.6 Å². The molecule has 0 saturated carbocycles. The molecule has 94 valence electrons. The molecule has 1 N–H and O–H groups in total. The van der Waals surface area contributed by atoms with E-state index in [0.717, 1.165) is 5.56 Å². The topological polar surface area (TPSA) is 29.1 Å². The standard InChI is InChI=1S/C15H16ClNO/c1-10(16)15(18)17-11(2)13-8-7-12-5-3-4-6-14(12)9-13/h3-11H,1-2H3,(H,17,18)/t10-,11+/m0/s1. The number of fused-ring (bicyclic) bond motifs is 1. The van der Waals surface area contributed by atoms with Gasteiger partial charge in [-0.3, -0.25) is 4.79 Å². The summed E-state index contributed by atoms with van der Waals surface area (Å²) in [5, 5.41) is 4.76. The Bertz CT molecular complexity index is 565. The monoisotopic (exact) mass is 261 g/mol. The van der Waals surface area contributed by atoms with Gasteiger partial charge in [-0.2, -0.15) is 0 Å². The number of alkyl halides is 1. The van der Waals surface area contributed by atoms with Crippen LogP contribution in [0.25, 0.3) is 10.8 Å². The molecule has 0 saturated heterocycles. The van der Waals surface area contributed by atoms with E-state index in [1.807, 2.05) is 25.1 Å². The lowest BCUT2D eigenvalue weighted by Gasteiger charge is -2.16. The highest BCUT2D eigenvalue weighted by Crippen LogP contribution is 2.20. The quantitative estimate of drug-likeness (QED) is 0.840. The molecule has 2 atom stereocenters. The Hall–Kier alpha value is -1.54. The molecule has 18 heavy (non-hydrogen) atoms. The Balaban J connectivity index is 2.22. The average molecular weight is 262 g/mol. The van der Waals surface area contributed by atoms with Gasteiger partial charge in [-0.15, -0.1) is 11.6 Å². The number of hydrogen-bond acceptors (Lipinski definition) is 1. The first kappa shape index (κ1) is 12.9. The number of nitrogens with one attached hydrogen (secondary N) is 1. The number of benzene rings is 2. The summed E-state index contributed by atoms with van der Waals surface area (Å²) < 4.78 is 0. The predicted molar refractivity (Wildman–Crippen MR) is 75.8 cm³/mol. The minimum Gasteiger partial charge on any atom is -0.348 e. The van der Waals surface area contributed by atoms with Crippen LogP contribution in [0.4, 0.5) is 0 Å². The number of halogens is 1. The summed E-state index contributed by atoms with van der Waals surface area (Å²) >= 11 is 5.74. The van der Waals surface area contributed by atoms with Crippen LogP contribution in [0.15, 0.2) is 42.5 Å². The van der Waals surface area contributed by atoms with Crippen LogP contribution in [0.3, 0.4) is 0 Å². The molecule has 2 rings (SSSR count). The molecule has 2 nitrogen and oxygen atoms in total. The Kier molecular flexibility index (Phi) is 3.87. The molecule has 0 aliphatic rings. The van der Waals surface area contributed by atoms with Crippen LogP contribution >= 0.6 is 11.6 Å². The summed E-state index contributed by atoms with van der Waals surface area (Å²) in [4.78, 5) is 11.5. The van der Waals surface area contributed by atoms with Crippen molar-refractivity contribution in [2.24, 2.45) is 0 Å². The molecule has 0 bridgehead atoms. The summed E-state index contributed by atoms with van der Waals surface area (Å²) in [5.74, 6) is -0.141. The van der Waals surface area contributed by atoms with Crippen molar-refractivity contribution >= 4 is 28.3 Å². The van der Waals surface area contributed by atoms with E-state index in [1.165, 1.54) is 10.8 Å². The molecule has 0 aromatic heterocycles. The fourth-order valence-electron chi connectivity index (χ4n) is 1.89. The second-order valence-corrected chi connectivity index (χ2v) is 5.11. The Labute approximate surface area is 112 Å². The summed E-state index contributed by atoms with van der Waals surface area (Å²) in [6.07, 6.45) is 0. The van der Waals surface area contributed by atoms with Gasteiger partial charge in [0, 0.05) is 0 Å². The third-order valence-electron chi connectivity index (χ3n) is 2.99. The average Bonchev–Trinajstić information content (AvgIpc) is 2.37. The molecule has 0 aliphatic heterocycles. The zero-order valence-electron chi connectivity index (χ0n) is 10.5. The van der Waals surface area contributed by atoms with Crippen LogP contribution < -0.4 is 5.32 Å². The second kappa shape index (κ2) is 5.40. The van der Waals surface area contributed by atoms with Crippen molar-refractivity contribution < 1.29 is 4.79 Å². The van der Waals surface area contributed by atoms with Gasteiger partial charge in [0.25, 0.3) is 0 Å². The third kappa shape index (κ3) is 2.82. The fourth-order valence-corrected chi connectivity index (χ4v) is 1.95. The van der Waals surface area contributed by atoms with Gasteiger partial charge in [0.05, 0.1) is 6.04 Å².